The standard InChI is InChI=1S/C27H33N5O3S/c1-5-35-23-9-7-6-8-20(23)18(2)12-25(33)30-27-22(13-28-4)21-10-11-32(15-24(21)36-27)26(34)16-31-14-19(3)29-17-31/h6-9,13-14,17-18H,5,10-12,15-16H2,1-4H3,(H,30,33). The molecular weight excluding hydrogens is 474 g/mol. The topological polar surface area (TPSA) is 88.8 Å². The first-order valence-electron chi connectivity index (χ1n) is 12.2. The second kappa shape index (κ2) is 11.5. The van der Waals surface area contributed by atoms with Gasteiger partial charge in [-0.3, -0.25) is 14.6 Å². The first kappa shape index (κ1) is 25.6. The maximum absolute atomic E-state index is 13.0. The Morgan fingerprint density at radius 2 is 2.14 bits per heavy atom. The van der Waals surface area contributed by atoms with Crippen molar-refractivity contribution in [3.63, 3.8) is 0 Å². The van der Waals surface area contributed by atoms with E-state index in [2.05, 4.69) is 15.3 Å². The van der Waals surface area contributed by atoms with Crippen molar-refractivity contribution >= 4 is 34.4 Å². The molecule has 1 aliphatic rings. The molecule has 4 rings (SSSR count). The van der Waals surface area contributed by atoms with Gasteiger partial charge < -0.3 is 19.5 Å². The highest BCUT2D eigenvalue weighted by Gasteiger charge is 2.27. The highest BCUT2D eigenvalue weighted by atomic mass is 32.1. The van der Waals surface area contributed by atoms with Crippen molar-refractivity contribution in [2.75, 3.05) is 25.5 Å². The van der Waals surface area contributed by atoms with Crippen LogP contribution in [0.3, 0.4) is 0 Å². The van der Waals surface area contributed by atoms with Crippen LogP contribution >= 0.6 is 11.3 Å². The van der Waals surface area contributed by atoms with Crippen molar-refractivity contribution in [2.45, 2.75) is 52.6 Å². The molecule has 36 heavy (non-hydrogen) atoms. The molecule has 1 unspecified atom stereocenters. The van der Waals surface area contributed by atoms with Gasteiger partial charge in [0.2, 0.25) is 11.8 Å². The zero-order chi connectivity index (χ0) is 25.7. The van der Waals surface area contributed by atoms with Crippen LogP contribution in [-0.4, -0.2) is 52.7 Å². The molecule has 0 fully saturated rings. The van der Waals surface area contributed by atoms with Gasteiger partial charge in [0.05, 0.1) is 25.2 Å². The van der Waals surface area contributed by atoms with Gasteiger partial charge >= 0.3 is 0 Å². The zero-order valence-corrected chi connectivity index (χ0v) is 22.1. The van der Waals surface area contributed by atoms with E-state index >= 15 is 0 Å². The number of aryl methyl sites for hydroxylation is 1. The molecule has 1 aliphatic heterocycles. The number of fused-ring (bicyclic) bond motifs is 1. The van der Waals surface area contributed by atoms with E-state index in [1.807, 2.05) is 66.9 Å². The maximum Gasteiger partial charge on any atom is 0.242 e. The van der Waals surface area contributed by atoms with Crippen molar-refractivity contribution < 1.29 is 14.3 Å². The van der Waals surface area contributed by atoms with Crippen molar-refractivity contribution in [3.8, 4) is 5.75 Å². The monoisotopic (exact) mass is 507 g/mol. The number of ether oxygens (including phenoxy) is 1. The van der Waals surface area contributed by atoms with Gasteiger partial charge in [-0.15, -0.1) is 11.3 Å². The molecule has 8 nitrogen and oxygen atoms in total. The number of carbonyl (C=O) groups excluding carboxylic acids is 2. The van der Waals surface area contributed by atoms with Crippen LogP contribution in [-0.2, 0) is 29.1 Å². The molecule has 1 atom stereocenters. The number of para-hydroxylation sites is 1. The van der Waals surface area contributed by atoms with Gasteiger partial charge in [0.25, 0.3) is 0 Å². The molecule has 190 valence electrons. The van der Waals surface area contributed by atoms with Gasteiger partial charge in [-0.1, -0.05) is 25.1 Å². The fourth-order valence-corrected chi connectivity index (χ4v) is 5.81. The molecule has 0 saturated carbocycles. The quantitative estimate of drug-likeness (QED) is 0.434. The molecule has 3 aromatic rings. The lowest BCUT2D eigenvalue weighted by atomic mass is 9.96. The summed E-state index contributed by atoms with van der Waals surface area (Å²) in [7, 11) is 1.73. The van der Waals surface area contributed by atoms with Gasteiger partial charge in [-0.25, -0.2) is 4.98 Å². The van der Waals surface area contributed by atoms with E-state index in [0.717, 1.165) is 44.4 Å². The summed E-state index contributed by atoms with van der Waals surface area (Å²) in [6.07, 6.45) is 6.44. The van der Waals surface area contributed by atoms with Crippen LogP contribution in [0.5, 0.6) is 5.75 Å². The summed E-state index contributed by atoms with van der Waals surface area (Å²) in [5, 5.41) is 3.92. The Kier molecular flexibility index (Phi) is 8.20. The third-order valence-electron chi connectivity index (χ3n) is 6.28. The minimum atomic E-state index is -0.0541. The number of carbonyl (C=O) groups is 2. The Balaban J connectivity index is 1.46. The normalized spacial score (nSPS) is 14.1. The van der Waals surface area contributed by atoms with E-state index in [-0.39, 0.29) is 24.3 Å². The van der Waals surface area contributed by atoms with Crippen LogP contribution in [0.2, 0.25) is 0 Å². The zero-order valence-electron chi connectivity index (χ0n) is 21.3. The molecule has 0 spiro atoms. The van der Waals surface area contributed by atoms with Gasteiger partial charge in [0.1, 0.15) is 17.3 Å². The number of hydrogen-bond donors (Lipinski definition) is 1. The van der Waals surface area contributed by atoms with Crippen molar-refractivity contribution in [1.29, 1.82) is 0 Å². The van der Waals surface area contributed by atoms with Crippen LogP contribution in [0.15, 0.2) is 41.8 Å². The average Bonchev–Trinajstić information content (AvgIpc) is 3.41. The highest BCUT2D eigenvalue weighted by Crippen LogP contribution is 2.37. The maximum atomic E-state index is 13.0. The Labute approximate surface area is 216 Å². The van der Waals surface area contributed by atoms with Crippen LogP contribution in [0.4, 0.5) is 5.00 Å². The summed E-state index contributed by atoms with van der Waals surface area (Å²) in [4.78, 5) is 37.3. The number of anilines is 1. The molecule has 3 heterocycles. The van der Waals surface area contributed by atoms with Crippen LogP contribution < -0.4 is 10.1 Å². The van der Waals surface area contributed by atoms with Crippen LogP contribution in [0, 0.1) is 6.92 Å². The Bertz CT molecular complexity index is 1260. The molecule has 0 aliphatic carbocycles. The van der Waals surface area contributed by atoms with Crippen molar-refractivity contribution in [1.82, 2.24) is 14.5 Å². The summed E-state index contributed by atoms with van der Waals surface area (Å²) in [6.45, 7) is 7.93. The van der Waals surface area contributed by atoms with Crippen LogP contribution in [0.1, 0.15) is 53.4 Å². The van der Waals surface area contributed by atoms with Gasteiger partial charge in [-0.05, 0) is 43.4 Å². The molecular formula is C27H33N5O3S. The second-order valence-electron chi connectivity index (χ2n) is 9.01. The number of nitrogens with zero attached hydrogens (tertiary/aromatic N) is 4. The summed E-state index contributed by atoms with van der Waals surface area (Å²) in [5.41, 5.74) is 4.03. The summed E-state index contributed by atoms with van der Waals surface area (Å²) < 4.78 is 7.56. The fourth-order valence-electron chi connectivity index (χ4n) is 4.55. The molecule has 2 amide bonds. The minimum absolute atomic E-state index is 0.00514. The number of aromatic nitrogens is 2. The smallest absolute Gasteiger partial charge is 0.242 e. The Hall–Kier alpha value is -3.46. The predicted octanol–water partition coefficient (Wildman–Crippen LogP) is 4.42. The number of hydrogen-bond acceptors (Lipinski definition) is 6. The largest absolute Gasteiger partial charge is 0.494 e. The number of nitrogens with one attached hydrogen (secondary N) is 1. The molecule has 1 aromatic carbocycles. The number of aliphatic imine (C=N–C) groups is 1. The Morgan fingerprint density at radius 3 is 2.86 bits per heavy atom. The number of benzene rings is 1. The predicted molar refractivity (Wildman–Crippen MR) is 143 cm³/mol. The lowest BCUT2D eigenvalue weighted by Gasteiger charge is -2.27. The number of imidazole rings is 1. The minimum Gasteiger partial charge on any atom is -0.494 e. The van der Waals surface area contributed by atoms with E-state index < -0.39 is 0 Å². The van der Waals surface area contributed by atoms with Crippen LogP contribution in [0.25, 0.3) is 0 Å². The first-order valence-corrected chi connectivity index (χ1v) is 13.1. The molecule has 1 N–H and O–H groups in total. The fraction of sp³-hybridized carbons (Fsp3) is 0.407. The number of amides is 2. The van der Waals surface area contributed by atoms with Gasteiger partial charge in [0, 0.05) is 42.9 Å². The van der Waals surface area contributed by atoms with E-state index in [4.69, 9.17) is 4.74 Å². The van der Waals surface area contributed by atoms with E-state index in [0.29, 0.717) is 26.1 Å². The lowest BCUT2D eigenvalue weighted by Crippen LogP contribution is -2.37. The average molecular weight is 508 g/mol. The summed E-state index contributed by atoms with van der Waals surface area (Å²) in [5.74, 6) is 0.831. The second-order valence-corrected chi connectivity index (χ2v) is 10.1. The highest BCUT2D eigenvalue weighted by molar-refractivity contribution is 7.16. The van der Waals surface area contributed by atoms with E-state index in [9.17, 15) is 9.59 Å². The van der Waals surface area contributed by atoms with Gasteiger partial charge in [-0.2, -0.15) is 0 Å². The van der Waals surface area contributed by atoms with E-state index in [1.165, 1.54) is 11.3 Å². The third-order valence-corrected chi connectivity index (χ3v) is 7.43. The first-order chi connectivity index (χ1) is 17.4. The number of rotatable bonds is 9. The molecule has 2 aromatic heterocycles. The summed E-state index contributed by atoms with van der Waals surface area (Å²) in [6, 6.07) is 7.87. The molecule has 0 bridgehead atoms. The lowest BCUT2D eigenvalue weighted by molar-refractivity contribution is -0.132. The molecule has 9 heteroatoms. The summed E-state index contributed by atoms with van der Waals surface area (Å²) >= 11 is 1.54. The van der Waals surface area contributed by atoms with Crippen molar-refractivity contribution in [2.24, 2.45) is 4.99 Å². The van der Waals surface area contributed by atoms with Crippen molar-refractivity contribution in [3.05, 3.63) is 64.1 Å². The molecule has 0 radical (unpaired) electrons. The number of thiophene rings is 1. The van der Waals surface area contributed by atoms with E-state index in [1.54, 1.807) is 13.4 Å². The molecule has 0 saturated heterocycles. The SMILES string of the molecule is CCOc1ccccc1C(C)CC(=O)Nc1sc2c(c1C=NC)CCN(C(=O)Cn1cnc(C)c1)C2. The third kappa shape index (κ3) is 5.84. The van der Waals surface area contributed by atoms with Gasteiger partial charge in [0.15, 0.2) is 0 Å². The Morgan fingerprint density at radius 1 is 1.33 bits per heavy atom.